The zero-order valence-corrected chi connectivity index (χ0v) is 15.3. The third kappa shape index (κ3) is 3.61. The van der Waals surface area contributed by atoms with Gasteiger partial charge in [-0.25, -0.2) is 0 Å². The summed E-state index contributed by atoms with van der Waals surface area (Å²) < 4.78 is 18.0. The van der Waals surface area contributed by atoms with Gasteiger partial charge in [0.05, 0.1) is 11.2 Å². The number of hydrogen-bond donors (Lipinski definition) is 0. The first-order chi connectivity index (χ1) is 11.3. The highest BCUT2D eigenvalue weighted by Gasteiger charge is 2.51. The van der Waals surface area contributed by atoms with Crippen molar-refractivity contribution in [3.63, 3.8) is 0 Å². The Balaban J connectivity index is 1.71. The van der Waals surface area contributed by atoms with Crippen LogP contribution in [0.5, 0.6) is 5.75 Å². The monoisotopic (exact) mass is 344 g/mol. The fourth-order valence-electron chi connectivity index (χ4n) is 2.53. The van der Waals surface area contributed by atoms with Crippen molar-refractivity contribution in [2.75, 3.05) is 0 Å². The van der Waals surface area contributed by atoms with Crippen LogP contribution in [0, 0.1) is 0 Å². The van der Waals surface area contributed by atoms with Gasteiger partial charge in [0.25, 0.3) is 0 Å². The van der Waals surface area contributed by atoms with Gasteiger partial charge >= 0.3 is 7.12 Å². The Hall–Kier alpha value is -1.49. The zero-order chi connectivity index (χ0) is 17.4. The van der Waals surface area contributed by atoms with Gasteiger partial charge in [-0.15, -0.1) is 0 Å². The van der Waals surface area contributed by atoms with Crippen LogP contribution in [0.15, 0.2) is 48.5 Å². The molecule has 3 rings (SSSR count). The Morgan fingerprint density at radius 1 is 0.958 bits per heavy atom. The minimum Gasteiger partial charge on any atom is -0.489 e. The molecule has 1 heterocycles. The Bertz CT molecular complexity index is 714. The SMILES string of the molecule is CC1(C)OB(c2cccc(COc3cccc(Cl)c3)c2)OC1(C)C. The number of halogens is 1. The van der Waals surface area contributed by atoms with E-state index in [1.807, 2.05) is 36.4 Å². The van der Waals surface area contributed by atoms with E-state index in [0.717, 1.165) is 16.8 Å². The summed E-state index contributed by atoms with van der Waals surface area (Å²) in [5.74, 6) is 0.753. The second-order valence-corrected chi connectivity index (χ2v) is 7.52. The molecule has 24 heavy (non-hydrogen) atoms. The second kappa shape index (κ2) is 6.43. The summed E-state index contributed by atoms with van der Waals surface area (Å²) in [5, 5.41) is 0.665. The lowest BCUT2D eigenvalue weighted by molar-refractivity contribution is 0.00578. The summed E-state index contributed by atoms with van der Waals surface area (Å²) in [4.78, 5) is 0. The van der Waals surface area contributed by atoms with Gasteiger partial charge < -0.3 is 14.0 Å². The Morgan fingerprint density at radius 2 is 1.62 bits per heavy atom. The predicted molar refractivity (Wildman–Crippen MR) is 97.9 cm³/mol. The van der Waals surface area contributed by atoms with Gasteiger partial charge in [0, 0.05) is 5.02 Å². The van der Waals surface area contributed by atoms with Crippen molar-refractivity contribution in [1.29, 1.82) is 0 Å². The van der Waals surface area contributed by atoms with Crippen molar-refractivity contribution in [3.8, 4) is 5.75 Å². The molecule has 0 saturated carbocycles. The highest BCUT2D eigenvalue weighted by Crippen LogP contribution is 2.36. The molecule has 5 heteroatoms. The van der Waals surface area contributed by atoms with Gasteiger partial charge in [-0.1, -0.05) is 41.9 Å². The quantitative estimate of drug-likeness (QED) is 0.777. The number of rotatable bonds is 4. The van der Waals surface area contributed by atoms with Crippen molar-refractivity contribution in [1.82, 2.24) is 0 Å². The molecule has 0 atom stereocenters. The van der Waals surface area contributed by atoms with Crippen LogP contribution in [0.1, 0.15) is 33.3 Å². The Labute approximate surface area is 149 Å². The van der Waals surface area contributed by atoms with Crippen LogP contribution >= 0.6 is 11.6 Å². The van der Waals surface area contributed by atoms with E-state index in [4.69, 9.17) is 25.6 Å². The molecule has 2 aromatic carbocycles. The van der Waals surface area contributed by atoms with Crippen molar-refractivity contribution in [3.05, 3.63) is 59.1 Å². The highest BCUT2D eigenvalue weighted by molar-refractivity contribution is 6.62. The summed E-state index contributed by atoms with van der Waals surface area (Å²) >= 11 is 5.98. The summed E-state index contributed by atoms with van der Waals surface area (Å²) in [7, 11) is -0.360. The first kappa shape index (κ1) is 17.3. The first-order valence-corrected chi connectivity index (χ1v) is 8.47. The van der Waals surface area contributed by atoms with Crippen LogP contribution in [0.2, 0.25) is 5.02 Å². The molecule has 0 unspecified atom stereocenters. The zero-order valence-electron chi connectivity index (χ0n) is 14.5. The van der Waals surface area contributed by atoms with E-state index in [1.54, 1.807) is 6.07 Å². The van der Waals surface area contributed by atoms with Crippen molar-refractivity contribution in [2.45, 2.75) is 45.5 Å². The van der Waals surface area contributed by atoms with Crippen LogP contribution in [0.4, 0.5) is 0 Å². The molecule has 1 saturated heterocycles. The molecule has 0 N–H and O–H groups in total. The maximum Gasteiger partial charge on any atom is 0.494 e. The van der Waals surface area contributed by atoms with Crippen LogP contribution in [0.3, 0.4) is 0 Å². The molecule has 2 aromatic rings. The molecule has 0 aromatic heterocycles. The number of benzene rings is 2. The summed E-state index contributed by atoms with van der Waals surface area (Å²) in [6, 6.07) is 15.5. The van der Waals surface area contributed by atoms with Crippen molar-refractivity contribution >= 4 is 24.2 Å². The molecule has 0 spiro atoms. The molecule has 0 amide bonds. The van der Waals surface area contributed by atoms with Crippen LogP contribution in [-0.2, 0) is 15.9 Å². The fraction of sp³-hybridized carbons (Fsp3) is 0.368. The lowest BCUT2D eigenvalue weighted by Gasteiger charge is -2.32. The minimum absolute atomic E-state index is 0.342. The Morgan fingerprint density at radius 3 is 2.29 bits per heavy atom. The van der Waals surface area contributed by atoms with E-state index >= 15 is 0 Å². The molecule has 3 nitrogen and oxygen atoms in total. The molecule has 0 aliphatic carbocycles. The standard InChI is InChI=1S/C19H22BClO3/c1-18(2)19(3,4)24-20(23-18)15-8-5-7-14(11-15)13-22-17-10-6-9-16(21)12-17/h5-12H,13H2,1-4H3. The van der Waals surface area contributed by atoms with Gasteiger partial charge in [0.15, 0.2) is 0 Å². The first-order valence-electron chi connectivity index (χ1n) is 8.10. The van der Waals surface area contributed by atoms with E-state index in [9.17, 15) is 0 Å². The average molecular weight is 345 g/mol. The van der Waals surface area contributed by atoms with Gasteiger partial charge in [-0.05, 0) is 56.9 Å². The third-order valence-electron chi connectivity index (χ3n) is 4.68. The molecular formula is C19H22BClO3. The van der Waals surface area contributed by atoms with Crippen LogP contribution in [-0.4, -0.2) is 18.3 Å². The van der Waals surface area contributed by atoms with E-state index in [1.165, 1.54) is 0 Å². The van der Waals surface area contributed by atoms with Crippen LogP contribution < -0.4 is 10.2 Å². The normalized spacial score (nSPS) is 18.6. The van der Waals surface area contributed by atoms with Gasteiger partial charge in [-0.3, -0.25) is 0 Å². The third-order valence-corrected chi connectivity index (χ3v) is 4.91. The van der Waals surface area contributed by atoms with Crippen molar-refractivity contribution < 1.29 is 14.0 Å². The largest absolute Gasteiger partial charge is 0.494 e. The van der Waals surface area contributed by atoms with E-state index in [2.05, 4.69) is 33.8 Å². The molecule has 0 radical (unpaired) electrons. The molecule has 1 aliphatic heterocycles. The smallest absolute Gasteiger partial charge is 0.489 e. The van der Waals surface area contributed by atoms with Crippen molar-refractivity contribution in [2.24, 2.45) is 0 Å². The summed E-state index contributed by atoms with van der Waals surface area (Å²) in [5.41, 5.74) is 1.37. The molecular weight excluding hydrogens is 322 g/mol. The fourth-order valence-corrected chi connectivity index (χ4v) is 2.71. The van der Waals surface area contributed by atoms with E-state index < -0.39 is 0 Å². The lowest BCUT2D eigenvalue weighted by Crippen LogP contribution is -2.41. The molecule has 126 valence electrons. The maximum atomic E-state index is 6.10. The predicted octanol–water partition coefficient (Wildman–Crippen LogP) is 4.22. The maximum absolute atomic E-state index is 6.10. The molecule has 0 bridgehead atoms. The topological polar surface area (TPSA) is 27.7 Å². The Kier molecular flexibility index (Phi) is 4.65. The lowest BCUT2D eigenvalue weighted by atomic mass is 9.78. The van der Waals surface area contributed by atoms with Crippen LogP contribution in [0.25, 0.3) is 0 Å². The van der Waals surface area contributed by atoms with E-state index in [0.29, 0.717) is 11.6 Å². The van der Waals surface area contributed by atoms with Gasteiger partial charge in [0.1, 0.15) is 12.4 Å². The summed E-state index contributed by atoms with van der Waals surface area (Å²) in [6.45, 7) is 8.68. The molecule has 1 aliphatic rings. The second-order valence-electron chi connectivity index (χ2n) is 7.08. The van der Waals surface area contributed by atoms with E-state index in [-0.39, 0.29) is 18.3 Å². The summed E-state index contributed by atoms with van der Waals surface area (Å²) in [6.07, 6.45) is 0. The average Bonchev–Trinajstić information content (AvgIpc) is 2.74. The molecule has 1 fully saturated rings. The highest BCUT2D eigenvalue weighted by atomic mass is 35.5. The van der Waals surface area contributed by atoms with Gasteiger partial charge in [0.2, 0.25) is 0 Å². The van der Waals surface area contributed by atoms with Gasteiger partial charge in [-0.2, -0.15) is 0 Å². The number of ether oxygens (including phenoxy) is 1. The minimum atomic E-state index is -0.360. The number of hydrogen-bond acceptors (Lipinski definition) is 3.